The van der Waals surface area contributed by atoms with E-state index < -0.39 is 0 Å². The van der Waals surface area contributed by atoms with Crippen LogP contribution in [0.15, 0.2) is 30.3 Å². The van der Waals surface area contributed by atoms with Crippen LogP contribution >= 0.6 is 0 Å². The standard InChI is InChI=1S/C21H28N4O3/c1-5-27-19-14-16(4)22-21(23-19)25-12-10-24(11-13-25)20(26)17-8-6-7-9-18(17)28-15(2)3/h6-9,14-15H,5,10-13H2,1-4H3. The number of para-hydroxylation sites is 1. The lowest BCUT2D eigenvalue weighted by Gasteiger charge is -2.35. The van der Waals surface area contributed by atoms with E-state index in [0.717, 1.165) is 5.69 Å². The van der Waals surface area contributed by atoms with Crippen molar-refractivity contribution >= 4 is 11.9 Å². The van der Waals surface area contributed by atoms with Crippen molar-refractivity contribution in [2.24, 2.45) is 0 Å². The number of rotatable bonds is 6. The van der Waals surface area contributed by atoms with Crippen molar-refractivity contribution in [3.8, 4) is 11.6 Å². The fourth-order valence-electron chi connectivity index (χ4n) is 3.17. The van der Waals surface area contributed by atoms with E-state index in [1.54, 1.807) is 0 Å². The summed E-state index contributed by atoms with van der Waals surface area (Å²) in [5, 5.41) is 0. The topological polar surface area (TPSA) is 67.8 Å². The van der Waals surface area contributed by atoms with Crippen LogP contribution in [0.1, 0.15) is 36.8 Å². The molecule has 0 spiro atoms. The minimum absolute atomic E-state index is 0.00364. The highest BCUT2D eigenvalue weighted by molar-refractivity contribution is 5.97. The van der Waals surface area contributed by atoms with E-state index in [1.807, 2.05) is 62.9 Å². The molecule has 3 rings (SSSR count). The van der Waals surface area contributed by atoms with Crippen LogP contribution in [0.25, 0.3) is 0 Å². The predicted octanol–water partition coefficient (Wildman–Crippen LogP) is 2.93. The molecule has 1 aliphatic rings. The first-order valence-corrected chi connectivity index (χ1v) is 9.76. The van der Waals surface area contributed by atoms with Gasteiger partial charge in [0.2, 0.25) is 11.8 Å². The van der Waals surface area contributed by atoms with E-state index in [4.69, 9.17) is 9.47 Å². The second kappa shape index (κ2) is 8.91. The minimum atomic E-state index is -0.00364. The molecule has 0 aliphatic carbocycles. The van der Waals surface area contributed by atoms with E-state index in [9.17, 15) is 4.79 Å². The molecule has 1 aromatic carbocycles. The zero-order valence-electron chi connectivity index (χ0n) is 17.0. The maximum Gasteiger partial charge on any atom is 0.257 e. The number of amides is 1. The minimum Gasteiger partial charge on any atom is -0.490 e. The highest BCUT2D eigenvalue weighted by atomic mass is 16.5. The van der Waals surface area contributed by atoms with Crippen molar-refractivity contribution in [3.63, 3.8) is 0 Å². The fraction of sp³-hybridized carbons (Fsp3) is 0.476. The van der Waals surface area contributed by atoms with Gasteiger partial charge in [-0.1, -0.05) is 12.1 Å². The maximum absolute atomic E-state index is 13.0. The molecule has 0 N–H and O–H groups in total. The Kier molecular flexibility index (Phi) is 6.34. The van der Waals surface area contributed by atoms with Gasteiger partial charge in [0.1, 0.15) is 5.75 Å². The van der Waals surface area contributed by atoms with Crippen LogP contribution in [-0.4, -0.2) is 59.7 Å². The quantitative estimate of drug-likeness (QED) is 0.763. The zero-order valence-corrected chi connectivity index (χ0v) is 17.0. The van der Waals surface area contributed by atoms with Crippen molar-refractivity contribution in [3.05, 3.63) is 41.6 Å². The van der Waals surface area contributed by atoms with Crippen molar-refractivity contribution < 1.29 is 14.3 Å². The normalized spacial score (nSPS) is 14.3. The van der Waals surface area contributed by atoms with Gasteiger partial charge in [-0.2, -0.15) is 4.98 Å². The Morgan fingerprint density at radius 2 is 1.86 bits per heavy atom. The van der Waals surface area contributed by atoms with E-state index >= 15 is 0 Å². The van der Waals surface area contributed by atoms with Gasteiger partial charge in [-0.15, -0.1) is 0 Å². The van der Waals surface area contributed by atoms with Crippen molar-refractivity contribution in [1.29, 1.82) is 0 Å². The van der Waals surface area contributed by atoms with Crippen LogP contribution in [0.2, 0.25) is 0 Å². The third-order valence-electron chi connectivity index (χ3n) is 4.44. The Morgan fingerprint density at radius 1 is 1.14 bits per heavy atom. The van der Waals surface area contributed by atoms with Crippen LogP contribution < -0.4 is 14.4 Å². The summed E-state index contributed by atoms with van der Waals surface area (Å²) < 4.78 is 11.3. The maximum atomic E-state index is 13.0. The highest BCUT2D eigenvalue weighted by Gasteiger charge is 2.26. The molecule has 1 amide bonds. The molecule has 1 aliphatic heterocycles. The summed E-state index contributed by atoms with van der Waals surface area (Å²) in [4.78, 5) is 26.0. The van der Waals surface area contributed by atoms with Gasteiger partial charge in [0.15, 0.2) is 0 Å². The number of ether oxygens (including phenoxy) is 2. The molecule has 1 saturated heterocycles. The Labute approximate surface area is 166 Å². The Morgan fingerprint density at radius 3 is 2.54 bits per heavy atom. The first-order chi connectivity index (χ1) is 13.5. The number of carbonyl (C=O) groups is 1. The number of piperazine rings is 1. The number of nitrogens with zero attached hydrogens (tertiary/aromatic N) is 4. The third kappa shape index (κ3) is 4.71. The molecule has 7 nitrogen and oxygen atoms in total. The Hall–Kier alpha value is -2.83. The Bertz CT molecular complexity index is 817. The fourth-order valence-corrected chi connectivity index (χ4v) is 3.17. The summed E-state index contributed by atoms with van der Waals surface area (Å²) in [5.41, 5.74) is 1.47. The number of aryl methyl sites for hydroxylation is 1. The molecule has 0 atom stereocenters. The number of aromatic nitrogens is 2. The summed E-state index contributed by atoms with van der Waals surface area (Å²) in [5.74, 6) is 1.87. The van der Waals surface area contributed by atoms with Gasteiger partial charge in [-0.25, -0.2) is 4.98 Å². The van der Waals surface area contributed by atoms with E-state index in [-0.39, 0.29) is 12.0 Å². The SMILES string of the molecule is CCOc1cc(C)nc(N2CCN(C(=O)c3ccccc3OC(C)C)CC2)n1. The molecular weight excluding hydrogens is 356 g/mol. The van der Waals surface area contributed by atoms with Gasteiger partial charge in [0.25, 0.3) is 5.91 Å². The molecule has 150 valence electrons. The molecular formula is C21H28N4O3. The monoisotopic (exact) mass is 384 g/mol. The molecule has 0 saturated carbocycles. The summed E-state index contributed by atoms with van der Waals surface area (Å²) >= 11 is 0. The lowest BCUT2D eigenvalue weighted by Crippen LogP contribution is -2.49. The van der Waals surface area contributed by atoms with Crippen LogP contribution in [-0.2, 0) is 0 Å². The number of carbonyl (C=O) groups excluding carboxylic acids is 1. The van der Waals surface area contributed by atoms with Gasteiger partial charge in [-0.3, -0.25) is 4.79 Å². The molecule has 7 heteroatoms. The first kappa shape index (κ1) is 19.9. The molecule has 0 bridgehead atoms. The van der Waals surface area contributed by atoms with Crippen LogP contribution in [0, 0.1) is 6.92 Å². The number of hydrogen-bond donors (Lipinski definition) is 0. The highest BCUT2D eigenvalue weighted by Crippen LogP contribution is 2.23. The van der Waals surface area contributed by atoms with Crippen LogP contribution in [0.4, 0.5) is 5.95 Å². The predicted molar refractivity (Wildman–Crippen MR) is 108 cm³/mol. The number of anilines is 1. The third-order valence-corrected chi connectivity index (χ3v) is 4.44. The van der Waals surface area contributed by atoms with Gasteiger partial charge in [0.05, 0.1) is 18.3 Å². The second-order valence-electron chi connectivity index (χ2n) is 7.02. The van der Waals surface area contributed by atoms with Gasteiger partial charge in [-0.05, 0) is 39.8 Å². The number of hydrogen-bond acceptors (Lipinski definition) is 6. The average molecular weight is 384 g/mol. The molecule has 0 radical (unpaired) electrons. The van der Waals surface area contributed by atoms with Crippen molar-refractivity contribution in [2.75, 3.05) is 37.7 Å². The molecule has 1 fully saturated rings. The number of benzene rings is 1. The largest absolute Gasteiger partial charge is 0.490 e. The molecule has 28 heavy (non-hydrogen) atoms. The second-order valence-corrected chi connectivity index (χ2v) is 7.02. The molecule has 0 unspecified atom stereocenters. The summed E-state index contributed by atoms with van der Waals surface area (Å²) in [7, 11) is 0. The van der Waals surface area contributed by atoms with Gasteiger partial charge >= 0.3 is 0 Å². The summed E-state index contributed by atoms with van der Waals surface area (Å²) in [6, 6.07) is 9.26. The van der Waals surface area contributed by atoms with Crippen LogP contribution in [0.3, 0.4) is 0 Å². The van der Waals surface area contributed by atoms with Gasteiger partial charge < -0.3 is 19.3 Å². The first-order valence-electron chi connectivity index (χ1n) is 9.76. The van der Waals surface area contributed by atoms with E-state index in [2.05, 4.69) is 14.9 Å². The van der Waals surface area contributed by atoms with Gasteiger partial charge in [0, 0.05) is 37.9 Å². The van der Waals surface area contributed by atoms with Crippen LogP contribution in [0.5, 0.6) is 11.6 Å². The Balaban J connectivity index is 1.68. The van der Waals surface area contributed by atoms with Crippen molar-refractivity contribution in [1.82, 2.24) is 14.9 Å². The average Bonchev–Trinajstić information content (AvgIpc) is 2.67. The lowest BCUT2D eigenvalue weighted by atomic mass is 10.1. The molecule has 1 aromatic heterocycles. The zero-order chi connectivity index (χ0) is 20.1. The summed E-state index contributed by atoms with van der Waals surface area (Å²) in [6.45, 7) is 10.9. The molecule has 2 aromatic rings. The van der Waals surface area contributed by atoms with E-state index in [0.29, 0.717) is 55.9 Å². The molecule has 2 heterocycles. The smallest absolute Gasteiger partial charge is 0.257 e. The van der Waals surface area contributed by atoms with Crippen molar-refractivity contribution in [2.45, 2.75) is 33.8 Å². The van der Waals surface area contributed by atoms with E-state index in [1.165, 1.54) is 0 Å². The lowest BCUT2D eigenvalue weighted by molar-refractivity contribution is 0.0740. The summed E-state index contributed by atoms with van der Waals surface area (Å²) in [6.07, 6.45) is 0.0174.